The quantitative estimate of drug-likeness (QED) is 0.468. The first-order valence-corrected chi connectivity index (χ1v) is 11.1. The summed E-state index contributed by atoms with van der Waals surface area (Å²) in [7, 11) is 4.78. The molecule has 0 fully saturated rings. The predicted octanol–water partition coefficient (Wildman–Crippen LogP) is 5.12. The van der Waals surface area contributed by atoms with E-state index in [0.717, 1.165) is 35.2 Å². The maximum atomic E-state index is 10.3. The number of phenols is 2. The van der Waals surface area contributed by atoms with Crippen LogP contribution in [0.3, 0.4) is 0 Å². The summed E-state index contributed by atoms with van der Waals surface area (Å²) in [5.74, 6) is 1.53. The summed E-state index contributed by atoms with van der Waals surface area (Å²) in [5, 5.41) is 21.0. The molecule has 0 aromatic heterocycles. The molecule has 0 saturated carbocycles. The Kier molecular flexibility index (Phi) is 6.86. The smallest absolute Gasteiger partial charge is 0.203 e. The highest BCUT2D eigenvalue weighted by atomic mass is 35.5. The first kappa shape index (κ1) is 23.1. The minimum absolute atomic E-state index is 0.0398. The van der Waals surface area contributed by atoms with Crippen LogP contribution in [-0.4, -0.2) is 43.0 Å². The number of methoxy groups -OCH3 is 3. The van der Waals surface area contributed by atoms with Crippen molar-refractivity contribution >= 4 is 11.6 Å². The Bertz CT molecular complexity index is 1120. The molecule has 3 aromatic rings. The molecule has 0 bridgehead atoms. The van der Waals surface area contributed by atoms with Gasteiger partial charge in [-0.05, 0) is 71.5 Å². The average molecular weight is 470 g/mol. The van der Waals surface area contributed by atoms with Gasteiger partial charge in [0.25, 0.3) is 0 Å². The molecule has 0 radical (unpaired) electrons. The van der Waals surface area contributed by atoms with Crippen LogP contribution in [-0.2, 0) is 19.4 Å². The molecular weight excluding hydrogens is 442 g/mol. The van der Waals surface area contributed by atoms with Gasteiger partial charge in [0.15, 0.2) is 23.0 Å². The van der Waals surface area contributed by atoms with Crippen molar-refractivity contribution in [2.45, 2.75) is 25.4 Å². The number of aromatic hydroxyl groups is 2. The van der Waals surface area contributed by atoms with Crippen LogP contribution < -0.4 is 14.2 Å². The molecule has 6 nitrogen and oxygen atoms in total. The fourth-order valence-corrected chi connectivity index (χ4v) is 4.77. The third kappa shape index (κ3) is 4.82. The highest BCUT2D eigenvalue weighted by Crippen LogP contribution is 2.42. The van der Waals surface area contributed by atoms with E-state index in [-0.39, 0.29) is 17.5 Å². The topological polar surface area (TPSA) is 71.4 Å². The van der Waals surface area contributed by atoms with Gasteiger partial charge < -0.3 is 24.4 Å². The Hall–Kier alpha value is -3.09. The molecule has 4 rings (SSSR count). The molecule has 2 N–H and O–H groups in total. The van der Waals surface area contributed by atoms with Gasteiger partial charge in [-0.2, -0.15) is 0 Å². The van der Waals surface area contributed by atoms with E-state index in [2.05, 4.69) is 11.0 Å². The van der Waals surface area contributed by atoms with E-state index in [1.807, 2.05) is 30.3 Å². The van der Waals surface area contributed by atoms with Crippen LogP contribution in [0.15, 0.2) is 48.5 Å². The zero-order valence-corrected chi connectivity index (χ0v) is 19.7. The molecule has 33 heavy (non-hydrogen) atoms. The third-order valence-electron chi connectivity index (χ3n) is 6.13. The van der Waals surface area contributed by atoms with Crippen LogP contribution in [0.4, 0.5) is 0 Å². The number of hydrogen-bond donors (Lipinski definition) is 2. The monoisotopic (exact) mass is 469 g/mol. The molecule has 1 aliphatic rings. The van der Waals surface area contributed by atoms with Crippen LogP contribution in [0.2, 0.25) is 5.02 Å². The largest absolute Gasteiger partial charge is 0.504 e. The van der Waals surface area contributed by atoms with E-state index < -0.39 is 0 Å². The van der Waals surface area contributed by atoms with Gasteiger partial charge in [0, 0.05) is 24.2 Å². The second-order valence-corrected chi connectivity index (χ2v) is 8.58. The summed E-state index contributed by atoms with van der Waals surface area (Å²) < 4.78 is 16.6. The lowest BCUT2D eigenvalue weighted by Gasteiger charge is -2.38. The molecule has 1 atom stereocenters. The molecule has 3 aromatic carbocycles. The number of nitrogens with zero attached hydrogens (tertiary/aromatic N) is 1. The lowest BCUT2D eigenvalue weighted by atomic mass is 9.87. The second-order valence-electron chi connectivity index (χ2n) is 8.14. The van der Waals surface area contributed by atoms with Gasteiger partial charge >= 0.3 is 0 Å². The minimum Gasteiger partial charge on any atom is -0.504 e. The Morgan fingerprint density at radius 2 is 1.61 bits per heavy atom. The first-order valence-electron chi connectivity index (χ1n) is 10.8. The van der Waals surface area contributed by atoms with Gasteiger partial charge in [0.05, 0.1) is 21.3 Å². The number of fused-ring (bicyclic) bond motifs is 1. The number of halogens is 1. The summed E-state index contributed by atoms with van der Waals surface area (Å²) in [6.07, 6.45) is 1.42. The maximum Gasteiger partial charge on any atom is 0.203 e. The average Bonchev–Trinajstić information content (AvgIpc) is 2.81. The normalized spacial score (nSPS) is 15.7. The number of ether oxygens (including phenoxy) is 3. The van der Waals surface area contributed by atoms with E-state index in [1.54, 1.807) is 33.5 Å². The van der Waals surface area contributed by atoms with Crippen molar-refractivity contribution in [3.05, 3.63) is 75.8 Å². The highest BCUT2D eigenvalue weighted by Gasteiger charge is 2.30. The van der Waals surface area contributed by atoms with Crippen LogP contribution in [0.25, 0.3) is 0 Å². The number of rotatable bonds is 7. The van der Waals surface area contributed by atoms with Crippen LogP contribution in [0, 0.1) is 0 Å². The zero-order chi connectivity index (χ0) is 23.5. The minimum atomic E-state index is -0.117. The van der Waals surface area contributed by atoms with Crippen LogP contribution in [0.1, 0.15) is 28.3 Å². The molecule has 0 amide bonds. The maximum absolute atomic E-state index is 10.3. The van der Waals surface area contributed by atoms with Crippen LogP contribution >= 0.6 is 11.6 Å². The summed E-state index contributed by atoms with van der Waals surface area (Å²) in [6.45, 7) is 1.51. The van der Waals surface area contributed by atoms with Crippen molar-refractivity contribution in [1.29, 1.82) is 0 Å². The van der Waals surface area contributed by atoms with Gasteiger partial charge in [0.2, 0.25) is 5.75 Å². The molecular formula is C26H28ClNO5. The number of benzene rings is 3. The first-order chi connectivity index (χ1) is 15.9. The summed E-state index contributed by atoms with van der Waals surface area (Å²) in [6, 6.07) is 15.1. The lowest BCUT2D eigenvalue weighted by Crippen LogP contribution is -2.36. The Morgan fingerprint density at radius 3 is 2.24 bits per heavy atom. The summed E-state index contributed by atoms with van der Waals surface area (Å²) in [4.78, 5) is 2.37. The summed E-state index contributed by atoms with van der Waals surface area (Å²) in [5.41, 5.74) is 4.15. The third-order valence-corrected chi connectivity index (χ3v) is 6.37. The van der Waals surface area contributed by atoms with Crippen molar-refractivity contribution in [1.82, 2.24) is 4.90 Å². The Morgan fingerprint density at radius 1 is 0.909 bits per heavy atom. The number of phenolic OH excluding ortho intramolecular Hbond substituents is 2. The van der Waals surface area contributed by atoms with E-state index in [1.165, 1.54) is 0 Å². The molecule has 0 aliphatic carbocycles. The second kappa shape index (κ2) is 9.81. The molecule has 1 heterocycles. The van der Waals surface area contributed by atoms with Gasteiger partial charge in [-0.15, -0.1) is 0 Å². The fourth-order valence-electron chi connectivity index (χ4n) is 4.55. The van der Waals surface area contributed by atoms with E-state index in [9.17, 15) is 10.2 Å². The van der Waals surface area contributed by atoms with Crippen molar-refractivity contribution in [2.75, 3.05) is 27.9 Å². The fraction of sp³-hybridized carbons (Fsp3) is 0.308. The molecule has 7 heteroatoms. The molecule has 0 spiro atoms. The Labute approximate surface area is 198 Å². The van der Waals surface area contributed by atoms with Gasteiger partial charge in [-0.25, -0.2) is 0 Å². The van der Waals surface area contributed by atoms with E-state index >= 15 is 0 Å². The van der Waals surface area contributed by atoms with Crippen molar-refractivity contribution in [3.8, 4) is 28.7 Å². The molecule has 174 valence electrons. The summed E-state index contributed by atoms with van der Waals surface area (Å²) >= 11 is 6.22. The van der Waals surface area contributed by atoms with Crippen LogP contribution in [0.5, 0.6) is 28.7 Å². The zero-order valence-electron chi connectivity index (χ0n) is 19.0. The highest BCUT2D eigenvalue weighted by molar-refractivity contribution is 6.30. The predicted molar refractivity (Wildman–Crippen MR) is 128 cm³/mol. The lowest BCUT2D eigenvalue weighted by molar-refractivity contribution is 0.174. The SMILES string of the molecule is COc1cc(C[C@H]2c3cc(O)c(O)cc3CCN2Cc2cccc(Cl)c2)cc(OC)c1OC. The molecule has 0 unspecified atom stereocenters. The van der Waals surface area contributed by atoms with E-state index in [4.69, 9.17) is 25.8 Å². The van der Waals surface area contributed by atoms with Gasteiger partial charge in [-0.1, -0.05) is 23.7 Å². The van der Waals surface area contributed by atoms with E-state index in [0.29, 0.717) is 35.2 Å². The van der Waals surface area contributed by atoms with Crippen molar-refractivity contribution < 1.29 is 24.4 Å². The van der Waals surface area contributed by atoms with Gasteiger partial charge in [0.1, 0.15) is 0 Å². The molecule has 1 aliphatic heterocycles. The standard InChI is InChI=1S/C26H28ClNO5/c1-31-24-11-17(12-25(32-2)26(24)33-3)10-21-20-14-23(30)22(29)13-18(20)7-8-28(21)15-16-5-4-6-19(27)9-16/h4-6,9,11-14,21,29-30H,7-8,10,15H2,1-3H3/t21-/m0/s1. The Balaban J connectivity index is 1.75. The molecule has 0 saturated heterocycles. The van der Waals surface area contributed by atoms with Crippen molar-refractivity contribution in [2.24, 2.45) is 0 Å². The number of hydrogen-bond acceptors (Lipinski definition) is 6. The van der Waals surface area contributed by atoms with Crippen molar-refractivity contribution in [3.63, 3.8) is 0 Å². The van der Waals surface area contributed by atoms with Gasteiger partial charge in [-0.3, -0.25) is 4.90 Å².